The predicted molar refractivity (Wildman–Crippen MR) is 63.8 cm³/mol. The minimum Gasteiger partial charge on any atom is -0.107 e. The van der Waals surface area contributed by atoms with Crippen molar-refractivity contribution in [3.8, 4) is 0 Å². The van der Waals surface area contributed by atoms with Crippen molar-refractivity contribution in [3.63, 3.8) is 0 Å². The molecule has 0 spiro atoms. The summed E-state index contributed by atoms with van der Waals surface area (Å²) in [7, 11) is 0. The summed E-state index contributed by atoms with van der Waals surface area (Å²) in [5, 5.41) is 0. The largest absolute Gasteiger partial charge is 0.107 e. The van der Waals surface area contributed by atoms with Crippen molar-refractivity contribution in [1.29, 1.82) is 0 Å². The van der Waals surface area contributed by atoms with Crippen molar-refractivity contribution in [1.82, 2.24) is 0 Å². The molecule has 0 N–H and O–H groups in total. The van der Waals surface area contributed by atoms with Crippen molar-refractivity contribution in [3.05, 3.63) is 41.0 Å². The van der Waals surface area contributed by atoms with Crippen LogP contribution in [0, 0.1) is 0 Å². The van der Waals surface area contributed by atoms with E-state index in [0.29, 0.717) is 0 Å². The molecular weight excluding hydrogens is 259 g/mol. The maximum atomic E-state index is 2.29. The Balaban J connectivity index is 0.000000720. The Kier molecular flexibility index (Phi) is 3.32. The molecule has 0 heterocycles. The van der Waals surface area contributed by atoms with Gasteiger partial charge >= 0.3 is 0 Å². The van der Waals surface area contributed by atoms with Crippen LogP contribution in [0.15, 0.2) is 29.8 Å². The van der Waals surface area contributed by atoms with E-state index in [2.05, 4.69) is 37.3 Å². The number of rotatable bonds is 0. The van der Waals surface area contributed by atoms with Crippen LogP contribution in [0.1, 0.15) is 24.5 Å². The molecule has 1 aliphatic carbocycles. The van der Waals surface area contributed by atoms with Gasteiger partial charge in [-0.15, -0.1) is 24.0 Å². The van der Waals surface area contributed by atoms with Gasteiger partial charge in [-0.05, 0) is 30.9 Å². The predicted octanol–water partition coefficient (Wildman–Crippen LogP) is 3.65. The van der Waals surface area contributed by atoms with E-state index in [4.69, 9.17) is 0 Å². The number of fused-ring (bicyclic) bond motifs is 1. The number of benzene rings is 1. The van der Waals surface area contributed by atoms with Crippen LogP contribution >= 0.6 is 24.0 Å². The van der Waals surface area contributed by atoms with Gasteiger partial charge in [0.15, 0.2) is 0 Å². The Labute approximate surface area is 90.7 Å². The summed E-state index contributed by atoms with van der Waals surface area (Å²) in [6.45, 7) is 2.20. The van der Waals surface area contributed by atoms with Gasteiger partial charge in [-0.2, -0.15) is 0 Å². The van der Waals surface area contributed by atoms with Crippen LogP contribution in [0.5, 0.6) is 0 Å². The topological polar surface area (TPSA) is 0 Å². The highest BCUT2D eigenvalue weighted by Gasteiger charge is 2.04. The Bertz CT molecular complexity index is 300. The zero-order valence-electron chi connectivity index (χ0n) is 7.21. The fourth-order valence-electron chi connectivity index (χ4n) is 1.57. The number of hydrogen-bond acceptors (Lipinski definition) is 0. The van der Waals surface area contributed by atoms with Gasteiger partial charge in [0, 0.05) is 0 Å². The molecule has 1 aromatic rings. The van der Waals surface area contributed by atoms with Crippen LogP contribution in [0.2, 0.25) is 0 Å². The van der Waals surface area contributed by atoms with Gasteiger partial charge in [0.05, 0.1) is 0 Å². The van der Waals surface area contributed by atoms with E-state index in [0.717, 1.165) is 0 Å². The molecule has 0 saturated heterocycles. The second kappa shape index (κ2) is 4.08. The van der Waals surface area contributed by atoms with E-state index in [1.54, 1.807) is 0 Å². The maximum Gasteiger partial charge on any atom is -0.0225 e. The molecule has 1 heteroatoms. The van der Waals surface area contributed by atoms with Crippen molar-refractivity contribution < 1.29 is 0 Å². The van der Waals surface area contributed by atoms with Crippen molar-refractivity contribution >= 4 is 30.1 Å². The first kappa shape index (κ1) is 9.78. The summed E-state index contributed by atoms with van der Waals surface area (Å²) in [4.78, 5) is 0. The van der Waals surface area contributed by atoms with Gasteiger partial charge in [-0.1, -0.05) is 35.9 Å². The SMILES string of the molecule is CC1=Cc2ccccc2CC1.I. The highest BCUT2D eigenvalue weighted by atomic mass is 127. The zero-order chi connectivity index (χ0) is 7.68. The average Bonchev–Trinajstić information content (AvgIpc) is 2.04. The van der Waals surface area contributed by atoms with Gasteiger partial charge in [0.25, 0.3) is 0 Å². The first-order valence-electron chi connectivity index (χ1n) is 4.11. The number of halogens is 1. The van der Waals surface area contributed by atoms with Crippen LogP contribution in [0.25, 0.3) is 6.08 Å². The molecule has 0 aliphatic heterocycles. The van der Waals surface area contributed by atoms with Crippen molar-refractivity contribution in [2.24, 2.45) is 0 Å². The van der Waals surface area contributed by atoms with Crippen LogP contribution in [0.3, 0.4) is 0 Å². The lowest BCUT2D eigenvalue weighted by atomic mass is 9.93. The molecule has 0 radical (unpaired) electrons. The Morgan fingerprint density at radius 1 is 1.08 bits per heavy atom. The molecule has 0 fully saturated rings. The van der Waals surface area contributed by atoms with Gasteiger partial charge in [-0.25, -0.2) is 0 Å². The standard InChI is InChI=1S/C11H12.HI/c1-9-6-7-10-4-2-3-5-11(10)8-9;/h2-5,8H,6-7H2,1H3;1H. The smallest absolute Gasteiger partial charge is 0.0225 e. The quantitative estimate of drug-likeness (QED) is 0.632. The second-order valence-corrected chi connectivity index (χ2v) is 3.19. The third-order valence-corrected chi connectivity index (χ3v) is 2.25. The molecule has 2 rings (SSSR count). The maximum absolute atomic E-state index is 2.29. The Hall–Kier alpha value is -0.310. The van der Waals surface area contributed by atoms with E-state index < -0.39 is 0 Å². The molecule has 0 amide bonds. The highest BCUT2D eigenvalue weighted by molar-refractivity contribution is 14.0. The molecule has 64 valence electrons. The van der Waals surface area contributed by atoms with Gasteiger partial charge < -0.3 is 0 Å². The molecule has 0 saturated carbocycles. The summed E-state index contributed by atoms with van der Waals surface area (Å²) >= 11 is 0. The van der Waals surface area contributed by atoms with Crippen LogP contribution in [-0.4, -0.2) is 0 Å². The van der Waals surface area contributed by atoms with Crippen molar-refractivity contribution in [2.75, 3.05) is 0 Å². The molecule has 0 aromatic heterocycles. The lowest BCUT2D eigenvalue weighted by Gasteiger charge is -2.12. The second-order valence-electron chi connectivity index (χ2n) is 3.19. The third-order valence-electron chi connectivity index (χ3n) is 2.25. The van der Waals surface area contributed by atoms with E-state index >= 15 is 0 Å². The van der Waals surface area contributed by atoms with Crippen LogP contribution < -0.4 is 0 Å². The third kappa shape index (κ3) is 1.89. The van der Waals surface area contributed by atoms with Gasteiger partial charge in [-0.3, -0.25) is 0 Å². The molecule has 1 aliphatic rings. The monoisotopic (exact) mass is 272 g/mol. The number of aryl methyl sites for hydroxylation is 1. The van der Waals surface area contributed by atoms with E-state index in [1.165, 1.54) is 29.5 Å². The Morgan fingerprint density at radius 2 is 1.83 bits per heavy atom. The molecule has 1 aromatic carbocycles. The first-order valence-corrected chi connectivity index (χ1v) is 4.11. The average molecular weight is 272 g/mol. The molecule has 12 heavy (non-hydrogen) atoms. The van der Waals surface area contributed by atoms with Gasteiger partial charge in [0.2, 0.25) is 0 Å². The summed E-state index contributed by atoms with van der Waals surface area (Å²) < 4.78 is 0. The number of hydrogen-bond donors (Lipinski definition) is 0. The summed E-state index contributed by atoms with van der Waals surface area (Å²) in [5.41, 5.74) is 4.41. The molecular formula is C11H13I. The molecule has 0 atom stereocenters. The zero-order valence-corrected chi connectivity index (χ0v) is 9.54. The lowest BCUT2D eigenvalue weighted by Crippen LogP contribution is -1.95. The summed E-state index contributed by atoms with van der Waals surface area (Å²) in [6, 6.07) is 8.64. The summed E-state index contributed by atoms with van der Waals surface area (Å²) in [6.07, 6.45) is 4.74. The number of allylic oxidation sites excluding steroid dienone is 1. The van der Waals surface area contributed by atoms with Crippen LogP contribution in [0.4, 0.5) is 0 Å². The fourth-order valence-corrected chi connectivity index (χ4v) is 1.57. The normalized spacial score (nSPS) is 14.2. The van der Waals surface area contributed by atoms with E-state index in [-0.39, 0.29) is 24.0 Å². The van der Waals surface area contributed by atoms with Crippen molar-refractivity contribution in [2.45, 2.75) is 19.8 Å². The Morgan fingerprint density at radius 3 is 2.67 bits per heavy atom. The minimum atomic E-state index is 0. The van der Waals surface area contributed by atoms with E-state index in [1.807, 2.05) is 0 Å². The summed E-state index contributed by atoms with van der Waals surface area (Å²) in [5.74, 6) is 0. The minimum absolute atomic E-state index is 0. The van der Waals surface area contributed by atoms with Crippen LogP contribution in [-0.2, 0) is 6.42 Å². The molecule has 0 bridgehead atoms. The van der Waals surface area contributed by atoms with E-state index in [9.17, 15) is 0 Å². The van der Waals surface area contributed by atoms with Gasteiger partial charge in [0.1, 0.15) is 0 Å². The fraction of sp³-hybridized carbons (Fsp3) is 0.273. The highest BCUT2D eigenvalue weighted by Crippen LogP contribution is 2.22. The lowest BCUT2D eigenvalue weighted by molar-refractivity contribution is 0.927. The first-order chi connectivity index (χ1) is 5.36. The molecule has 0 nitrogen and oxygen atoms in total. The molecule has 0 unspecified atom stereocenters.